The van der Waals surface area contributed by atoms with E-state index in [9.17, 15) is 0 Å². The minimum absolute atomic E-state index is 0.312. The molecule has 2 aromatic rings. The molecule has 1 atom stereocenters. The molecule has 0 aliphatic rings. The van der Waals surface area contributed by atoms with Crippen LogP contribution in [0.25, 0.3) is 0 Å². The summed E-state index contributed by atoms with van der Waals surface area (Å²) < 4.78 is 2.08. The second kappa shape index (κ2) is 5.36. The van der Waals surface area contributed by atoms with Gasteiger partial charge in [-0.1, -0.05) is 18.2 Å². The van der Waals surface area contributed by atoms with E-state index < -0.39 is 0 Å². The van der Waals surface area contributed by atoms with Crippen LogP contribution in [0.3, 0.4) is 0 Å². The minimum atomic E-state index is 0.312. The molecule has 0 saturated heterocycles. The van der Waals surface area contributed by atoms with E-state index in [4.69, 9.17) is 0 Å². The van der Waals surface area contributed by atoms with Crippen LogP contribution in [0.1, 0.15) is 28.6 Å². The van der Waals surface area contributed by atoms with Crippen LogP contribution in [-0.4, -0.2) is 16.6 Å². The predicted molar refractivity (Wildman–Crippen MR) is 74.6 cm³/mol. The summed E-state index contributed by atoms with van der Waals surface area (Å²) in [6.07, 6.45) is 4.76. The molecule has 0 spiro atoms. The van der Waals surface area contributed by atoms with E-state index in [1.807, 2.05) is 26.5 Å². The Labute approximate surface area is 109 Å². The summed E-state index contributed by atoms with van der Waals surface area (Å²) in [7, 11) is 4.05. The molecule has 18 heavy (non-hydrogen) atoms. The standard InChI is InChI=1S/C15H21N3/c1-11-6-5-7-12(2)15(11)13(16-3)10-14-17-8-9-18(14)4/h5-9,13,16H,10H2,1-4H3. The summed E-state index contributed by atoms with van der Waals surface area (Å²) in [4.78, 5) is 4.41. The number of aromatic nitrogens is 2. The zero-order valence-corrected chi connectivity index (χ0v) is 11.6. The van der Waals surface area contributed by atoms with Gasteiger partial charge in [-0.3, -0.25) is 0 Å². The summed E-state index contributed by atoms with van der Waals surface area (Å²) in [5, 5.41) is 3.41. The second-order valence-electron chi connectivity index (χ2n) is 4.81. The Morgan fingerprint density at radius 1 is 1.28 bits per heavy atom. The van der Waals surface area contributed by atoms with Crippen molar-refractivity contribution in [3.63, 3.8) is 0 Å². The summed E-state index contributed by atoms with van der Waals surface area (Å²) in [5.41, 5.74) is 4.06. The number of nitrogens with one attached hydrogen (secondary N) is 1. The molecule has 0 radical (unpaired) electrons. The number of nitrogens with zero attached hydrogens (tertiary/aromatic N) is 2. The maximum absolute atomic E-state index is 4.41. The third-order valence-electron chi connectivity index (χ3n) is 3.55. The summed E-state index contributed by atoms with van der Waals surface area (Å²) in [5.74, 6) is 1.11. The smallest absolute Gasteiger partial charge is 0.110 e. The number of imidazole rings is 1. The molecule has 0 fully saturated rings. The highest BCUT2D eigenvalue weighted by Gasteiger charge is 2.16. The molecule has 1 heterocycles. The maximum atomic E-state index is 4.41. The average Bonchev–Trinajstić information content (AvgIpc) is 2.73. The van der Waals surface area contributed by atoms with Crippen molar-refractivity contribution in [3.05, 3.63) is 53.1 Å². The normalized spacial score (nSPS) is 12.7. The van der Waals surface area contributed by atoms with E-state index in [2.05, 4.69) is 46.9 Å². The summed E-state index contributed by atoms with van der Waals surface area (Å²) >= 11 is 0. The van der Waals surface area contributed by atoms with Crippen LogP contribution in [0.15, 0.2) is 30.6 Å². The third kappa shape index (κ3) is 2.46. The SMILES string of the molecule is CNC(Cc1nccn1C)c1c(C)cccc1C. The number of likely N-dealkylation sites (N-methyl/N-ethyl adjacent to an activating group) is 1. The van der Waals surface area contributed by atoms with Gasteiger partial charge in [0.15, 0.2) is 0 Å². The predicted octanol–water partition coefficient (Wildman–Crippen LogP) is 2.54. The lowest BCUT2D eigenvalue weighted by Crippen LogP contribution is -2.22. The molecule has 1 aromatic heterocycles. The largest absolute Gasteiger partial charge is 0.338 e. The molecule has 0 aliphatic heterocycles. The topological polar surface area (TPSA) is 29.9 Å². The van der Waals surface area contributed by atoms with E-state index in [-0.39, 0.29) is 0 Å². The van der Waals surface area contributed by atoms with Crippen molar-refractivity contribution in [1.29, 1.82) is 0 Å². The van der Waals surface area contributed by atoms with Crippen LogP contribution in [0, 0.1) is 13.8 Å². The van der Waals surface area contributed by atoms with Crippen molar-refractivity contribution in [3.8, 4) is 0 Å². The molecule has 2 rings (SSSR count). The first-order chi connectivity index (χ1) is 8.63. The number of aryl methyl sites for hydroxylation is 3. The lowest BCUT2D eigenvalue weighted by Gasteiger charge is -2.21. The van der Waals surface area contributed by atoms with Crippen LogP contribution < -0.4 is 5.32 Å². The first-order valence-electron chi connectivity index (χ1n) is 6.33. The molecule has 3 nitrogen and oxygen atoms in total. The first-order valence-corrected chi connectivity index (χ1v) is 6.33. The Balaban J connectivity index is 2.32. The van der Waals surface area contributed by atoms with E-state index in [0.29, 0.717) is 6.04 Å². The van der Waals surface area contributed by atoms with E-state index in [1.54, 1.807) is 0 Å². The zero-order chi connectivity index (χ0) is 13.1. The zero-order valence-electron chi connectivity index (χ0n) is 11.6. The average molecular weight is 243 g/mol. The third-order valence-corrected chi connectivity index (χ3v) is 3.55. The fourth-order valence-electron chi connectivity index (χ4n) is 2.50. The highest BCUT2D eigenvalue weighted by Crippen LogP contribution is 2.24. The van der Waals surface area contributed by atoms with Crippen LogP contribution in [-0.2, 0) is 13.5 Å². The quantitative estimate of drug-likeness (QED) is 0.894. The lowest BCUT2D eigenvalue weighted by molar-refractivity contribution is 0.558. The van der Waals surface area contributed by atoms with Gasteiger partial charge >= 0.3 is 0 Å². The number of benzene rings is 1. The Kier molecular flexibility index (Phi) is 3.82. The van der Waals surface area contributed by atoms with Crippen molar-refractivity contribution < 1.29 is 0 Å². The second-order valence-corrected chi connectivity index (χ2v) is 4.81. The molecule has 0 amide bonds. The summed E-state index contributed by atoms with van der Waals surface area (Å²) in [6, 6.07) is 6.77. The molecule has 3 heteroatoms. The van der Waals surface area contributed by atoms with Crippen molar-refractivity contribution in [2.75, 3.05) is 7.05 Å². The highest BCUT2D eigenvalue weighted by atomic mass is 15.0. The van der Waals surface area contributed by atoms with Gasteiger partial charge in [0.1, 0.15) is 5.82 Å². The molecular formula is C15H21N3. The van der Waals surface area contributed by atoms with E-state index in [0.717, 1.165) is 12.2 Å². The Bertz CT molecular complexity index is 508. The minimum Gasteiger partial charge on any atom is -0.338 e. The van der Waals surface area contributed by atoms with Gasteiger partial charge < -0.3 is 9.88 Å². The molecule has 96 valence electrons. The Morgan fingerprint density at radius 2 is 1.94 bits per heavy atom. The van der Waals surface area contributed by atoms with Crippen LogP contribution in [0.2, 0.25) is 0 Å². The first kappa shape index (κ1) is 12.8. The molecule has 1 unspecified atom stereocenters. The Hall–Kier alpha value is -1.61. The summed E-state index contributed by atoms with van der Waals surface area (Å²) in [6.45, 7) is 4.34. The molecule has 0 aliphatic carbocycles. The molecule has 0 saturated carbocycles. The monoisotopic (exact) mass is 243 g/mol. The van der Waals surface area contributed by atoms with Gasteiger partial charge in [-0.15, -0.1) is 0 Å². The molecule has 0 bridgehead atoms. The van der Waals surface area contributed by atoms with E-state index in [1.165, 1.54) is 16.7 Å². The van der Waals surface area contributed by atoms with Gasteiger partial charge in [0.2, 0.25) is 0 Å². The van der Waals surface area contributed by atoms with Gasteiger partial charge in [-0.05, 0) is 37.6 Å². The molecular weight excluding hydrogens is 222 g/mol. The fraction of sp³-hybridized carbons (Fsp3) is 0.400. The van der Waals surface area contributed by atoms with Crippen molar-refractivity contribution in [2.45, 2.75) is 26.3 Å². The van der Waals surface area contributed by atoms with Gasteiger partial charge in [-0.25, -0.2) is 4.98 Å². The molecule has 1 aromatic carbocycles. The lowest BCUT2D eigenvalue weighted by atomic mass is 9.94. The number of hydrogen-bond donors (Lipinski definition) is 1. The number of hydrogen-bond acceptors (Lipinski definition) is 2. The molecule has 1 N–H and O–H groups in total. The number of rotatable bonds is 4. The Morgan fingerprint density at radius 3 is 2.44 bits per heavy atom. The highest BCUT2D eigenvalue weighted by molar-refractivity contribution is 5.36. The van der Waals surface area contributed by atoms with Gasteiger partial charge in [-0.2, -0.15) is 0 Å². The van der Waals surface area contributed by atoms with Gasteiger partial charge in [0, 0.05) is 31.9 Å². The van der Waals surface area contributed by atoms with Gasteiger partial charge in [0.05, 0.1) is 0 Å². The van der Waals surface area contributed by atoms with Crippen molar-refractivity contribution >= 4 is 0 Å². The van der Waals surface area contributed by atoms with Crippen LogP contribution in [0.4, 0.5) is 0 Å². The maximum Gasteiger partial charge on any atom is 0.110 e. The van der Waals surface area contributed by atoms with Crippen LogP contribution in [0.5, 0.6) is 0 Å². The van der Waals surface area contributed by atoms with Gasteiger partial charge in [0.25, 0.3) is 0 Å². The van der Waals surface area contributed by atoms with Crippen LogP contribution >= 0.6 is 0 Å². The van der Waals surface area contributed by atoms with Crippen molar-refractivity contribution in [2.24, 2.45) is 7.05 Å². The van der Waals surface area contributed by atoms with E-state index >= 15 is 0 Å². The van der Waals surface area contributed by atoms with Crippen molar-refractivity contribution in [1.82, 2.24) is 14.9 Å². The fourth-order valence-corrected chi connectivity index (χ4v) is 2.50.